The van der Waals surface area contributed by atoms with Crippen LogP contribution in [-0.2, 0) is 19.0 Å². The van der Waals surface area contributed by atoms with Gasteiger partial charge in [-0.05, 0) is 43.4 Å². The third-order valence-corrected chi connectivity index (χ3v) is 8.34. The van der Waals surface area contributed by atoms with Crippen LogP contribution in [0.2, 0.25) is 0 Å². The molecule has 4 unspecified atom stereocenters. The fourth-order valence-corrected chi connectivity index (χ4v) is 6.70. The van der Waals surface area contributed by atoms with Gasteiger partial charge in [0.1, 0.15) is 6.10 Å². The molecule has 0 radical (unpaired) electrons. The van der Waals surface area contributed by atoms with E-state index >= 15 is 0 Å². The number of carbonyl (C=O) groups excluding carboxylic acids is 1. The van der Waals surface area contributed by atoms with E-state index in [-0.39, 0.29) is 35.1 Å². The van der Waals surface area contributed by atoms with E-state index in [0.29, 0.717) is 24.9 Å². The Labute approximate surface area is 162 Å². The largest absolute Gasteiger partial charge is 0.462 e. The van der Waals surface area contributed by atoms with Crippen molar-refractivity contribution in [1.29, 1.82) is 0 Å². The van der Waals surface area contributed by atoms with Crippen molar-refractivity contribution in [3.05, 3.63) is 11.6 Å². The van der Waals surface area contributed by atoms with Crippen LogP contribution < -0.4 is 0 Å². The molecule has 3 aliphatic carbocycles. The topological polar surface area (TPSA) is 65.0 Å². The molecular weight excluding hydrogens is 344 g/mol. The van der Waals surface area contributed by atoms with E-state index in [1.54, 1.807) is 7.11 Å². The molecule has 2 saturated carbocycles. The van der Waals surface area contributed by atoms with Crippen LogP contribution in [0.25, 0.3) is 0 Å². The van der Waals surface area contributed by atoms with Gasteiger partial charge in [-0.15, -0.1) is 0 Å². The van der Waals surface area contributed by atoms with Gasteiger partial charge >= 0.3 is 5.97 Å². The number of rotatable bonds is 3. The second-order valence-corrected chi connectivity index (χ2v) is 9.52. The SMILES string of the molecule is CCC(=O)OC1CCC2C3C(CC[C@]12C)[C@@]1(C)CO[C@H](OC)CC1=C[C@@H]3O. The van der Waals surface area contributed by atoms with E-state index in [1.807, 2.05) is 6.92 Å². The zero-order valence-corrected chi connectivity index (χ0v) is 17.1. The predicted octanol–water partition coefficient (Wildman–Crippen LogP) is 3.45. The Hall–Kier alpha value is -0.910. The number of hydrogen-bond acceptors (Lipinski definition) is 5. The van der Waals surface area contributed by atoms with Gasteiger partial charge in [0.05, 0.1) is 12.7 Å². The molecule has 0 aromatic carbocycles. The standard InChI is InChI=1S/C22H34O5/c1-5-18(24)27-17-7-6-14-20-15(8-9-21(14,17)2)22(3)12-26-19(25-4)11-13(22)10-16(20)23/h10,14-17,19-20,23H,5-9,11-12H2,1-4H3/t14?,15?,16-,17?,19-,20?,21-,22-/m0/s1. The van der Waals surface area contributed by atoms with Gasteiger partial charge in [-0.2, -0.15) is 0 Å². The van der Waals surface area contributed by atoms with E-state index < -0.39 is 6.10 Å². The zero-order valence-electron chi connectivity index (χ0n) is 17.1. The highest BCUT2D eigenvalue weighted by molar-refractivity contribution is 5.69. The Morgan fingerprint density at radius 3 is 2.78 bits per heavy atom. The molecular formula is C22H34O5. The normalized spacial score (nSPS) is 48.9. The fraction of sp³-hybridized carbons (Fsp3) is 0.864. The maximum atomic E-state index is 11.9. The third-order valence-electron chi connectivity index (χ3n) is 8.34. The Kier molecular flexibility index (Phi) is 4.93. The van der Waals surface area contributed by atoms with Gasteiger partial charge in [0.2, 0.25) is 0 Å². The second kappa shape index (κ2) is 6.85. The summed E-state index contributed by atoms with van der Waals surface area (Å²) in [4.78, 5) is 11.9. The van der Waals surface area contributed by atoms with E-state index in [4.69, 9.17) is 14.2 Å². The number of hydrogen-bond donors (Lipinski definition) is 1. The number of carbonyl (C=O) groups is 1. The Morgan fingerprint density at radius 1 is 1.30 bits per heavy atom. The molecule has 5 heteroatoms. The Bertz CT molecular complexity index is 630. The lowest BCUT2D eigenvalue weighted by Crippen LogP contribution is -2.57. The molecule has 0 amide bonds. The van der Waals surface area contributed by atoms with Crippen LogP contribution in [0.1, 0.15) is 59.3 Å². The van der Waals surface area contributed by atoms with E-state index in [0.717, 1.165) is 32.1 Å². The quantitative estimate of drug-likeness (QED) is 0.602. The second-order valence-electron chi connectivity index (χ2n) is 9.52. The molecule has 1 aliphatic heterocycles. The van der Waals surface area contributed by atoms with Gasteiger partial charge in [-0.3, -0.25) is 4.79 Å². The minimum absolute atomic E-state index is 0.0123. The smallest absolute Gasteiger partial charge is 0.305 e. The highest BCUT2D eigenvalue weighted by Crippen LogP contribution is 2.64. The average Bonchev–Trinajstić information content (AvgIpc) is 2.98. The highest BCUT2D eigenvalue weighted by Gasteiger charge is 2.61. The first-order valence-corrected chi connectivity index (χ1v) is 10.6. The van der Waals surface area contributed by atoms with Crippen LogP contribution in [0.5, 0.6) is 0 Å². The van der Waals surface area contributed by atoms with E-state index in [2.05, 4.69) is 19.9 Å². The lowest BCUT2D eigenvalue weighted by molar-refractivity contribution is -0.191. The van der Waals surface area contributed by atoms with Crippen LogP contribution in [-0.4, -0.2) is 43.3 Å². The van der Waals surface area contributed by atoms with Crippen molar-refractivity contribution >= 4 is 5.97 Å². The molecule has 1 N–H and O–H groups in total. The third kappa shape index (κ3) is 2.89. The van der Waals surface area contributed by atoms with Gasteiger partial charge in [-0.25, -0.2) is 0 Å². The summed E-state index contributed by atoms with van der Waals surface area (Å²) in [7, 11) is 1.68. The molecule has 1 heterocycles. The van der Waals surface area contributed by atoms with Crippen molar-refractivity contribution in [3.63, 3.8) is 0 Å². The molecule has 4 aliphatic rings. The number of esters is 1. The molecule has 8 atom stereocenters. The molecule has 1 saturated heterocycles. The summed E-state index contributed by atoms with van der Waals surface area (Å²) in [6.45, 7) is 7.09. The van der Waals surface area contributed by atoms with Crippen molar-refractivity contribution in [1.82, 2.24) is 0 Å². The molecule has 27 heavy (non-hydrogen) atoms. The highest BCUT2D eigenvalue weighted by atomic mass is 16.7. The first-order valence-electron chi connectivity index (χ1n) is 10.6. The van der Waals surface area contributed by atoms with Gasteiger partial charge in [-0.1, -0.05) is 32.4 Å². The zero-order chi connectivity index (χ0) is 19.4. The maximum Gasteiger partial charge on any atom is 0.305 e. The molecule has 0 aromatic rings. The van der Waals surface area contributed by atoms with Crippen LogP contribution in [0.3, 0.4) is 0 Å². The molecule has 5 nitrogen and oxygen atoms in total. The van der Waals surface area contributed by atoms with Crippen LogP contribution in [0, 0.1) is 28.6 Å². The first kappa shape index (κ1) is 19.4. The lowest BCUT2D eigenvalue weighted by atomic mass is 9.49. The molecule has 3 fully saturated rings. The maximum absolute atomic E-state index is 11.9. The number of ether oxygens (including phenoxy) is 3. The molecule has 4 rings (SSSR count). The van der Waals surface area contributed by atoms with Gasteiger partial charge in [0, 0.05) is 30.8 Å². The van der Waals surface area contributed by atoms with Gasteiger partial charge < -0.3 is 19.3 Å². The van der Waals surface area contributed by atoms with Crippen molar-refractivity contribution in [2.45, 2.75) is 77.8 Å². The fourth-order valence-electron chi connectivity index (χ4n) is 6.70. The average molecular weight is 379 g/mol. The van der Waals surface area contributed by atoms with Gasteiger partial charge in [0.25, 0.3) is 0 Å². The molecule has 0 spiro atoms. The number of fused-ring (bicyclic) bond motifs is 5. The Balaban J connectivity index is 1.62. The van der Waals surface area contributed by atoms with Crippen molar-refractivity contribution < 1.29 is 24.1 Å². The minimum Gasteiger partial charge on any atom is -0.462 e. The minimum atomic E-state index is -0.432. The molecule has 0 aromatic heterocycles. The lowest BCUT2D eigenvalue weighted by Gasteiger charge is -2.58. The van der Waals surface area contributed by atoms with Crippen LogP contribution in [0.4, 0.5) is 0 Å². The number of aliphatic hydroxyl groups excluding tert-OH is 1. The molecule has 0 bridgehead atoms. The van der Waals surface area contributed by atoms with Crippen LogP contribution >= 0.6 is 0 Å². The van der Waals surface area contributed by atoms with E-state index in [9.17, 15) is 9.90 Å². The summed E-state index contributed by atoms with van der Waals surface area (Å²) in [5, 5.41) is 11.1. The summed E-state index contributed by atoms with van der Waals surface area (Å²) in [5.74, 6) is 0.902. The van der Waals surface area contributed by atoms with Crippen molar-refractivity contribution in [3.8, 4) is 0 Å². The summed E-state index contributed by atoms with van der Waals surface area (Å²) in [6.07, 6.45) is 6.64. The first-order chi connectivity index (χ1) is 12.8. The summed E-state index contributed by atoms with van der Waals surface area (Å²) in [6, 6.07) is 0. The van der Waals surface area contributed by atoms with Crippen molar-refractivity contribution in [2.24, 2.45) is 28.6 Å². The van der Waals surface area contributed by atoms with E-state index in [1.165, 1.54) is 5.57 Å². The summed E-state index contributed by atoms with van der Waals surface area (Å²) >= 11 is 0. The number of aliphatic hydroxyl groups is 1. The predicted molar refractivity (Wildman–Crippen MR) is 101 cm³/mol. The monoisotopic (exact) mass is 378 g/mol. The summed E-state index contributed by atoms with van der Waals surface area (Å²) in [5.41, 5.74) is 1.24. The van der Waals surface area contributed by atoms with Crippen LogP contribution in [0.15, 0.2) is 11.6 Å². The summed E-state index contributed by atoms with van der Waals surface area (Å²) < 4.78 is 17.2. The van der Waals surface area contributed by atoms with Crippen molar-refractivity contribution in [2.75, 3.05) is 13.7 Å². The van der Waals surface area contributed by atoms with Gasteiger partial charge in [0.15, 0.2) is 6.29 Å². The number of methoxy groups -OCH3 is 1. The Morgan fingerprint density at radius 2 is 2.07 bits per heavy atom. The molecule has 152 valence electrons.